The summed E-state index contributed by atoms with van der Waals surface area (Å²) >= 11 is 1.36. The summed E-state index contributed by atoms with van der Waals surface area (Å²) in [5.41, 5.74) is 6.45. The third kappa shape index (κ3) is 3.75. The van der Waals surface area contributed by atoms with Crippen LogP contribution in [-0.2, 0) is 0 Å². The molecular weight excluding hydrogens is 229 g/mol. The van der Waals surface area contributed by atoms with Gasteiger partial charge in [-0.15, -0.1) is 11.8 Å². The number of hydrogen-bond acceptors (Lipinski definition) is 4. The van der Waals surface area contributed by atoms with Crippen LogP contribution in [0, 0.1) is 5.82 Å². The maximum atomic E-state index is 13.0. The van der Waals surface area contributed by atoms with Crippen molar-refractivity contribution < 1.29 is 14.6 Å². The molecule has 0 aliphatic rings. The Kier molecular flexibility index (Phi) is 5.21. The van der Waals surface area contributed by atoms with Crippen LogP contribution in [0.5, 0.6) is 0 Å². The van der Waals surface area contributed by atoms with E-state index in [4.69, 9.17) is 10.8 Å². The second-order valence-electron chi connectivity index (χ2n) is 3.62. The molecule has 16 heavy (non-hydrogen) atoms. The van der Waals surface area contributed by atoms with E-state index in [-0.39, 0.29) is 18.5 Å². The van der Waals surface area contributed by atoms with Crippen molar-refractivity contribution in [2.45, 2.75) is 24.0 Å². The van der Waals surface area contributed by atoms with Crippen LogP contribution in [0.2, 0.25) is 0 Å². The molecule has 2 unspecified atom stereocenters. The molecule has 1 rings (SSSR count). The molecule has 2 atom stereocenters. The summed E-state index contributed by atoms with van der Waals surface area (Å²) in [7, 11) is 0. The van der Waals surface area contributed by atoms with E-state index in [9.17, 15) is 9.50 Å². The molecular formula is C11H16FNO2S. The van der Waals surface area contributed by atoms with Gasteiger partial charge in [-0.05, 0) is 30.7 Å². The fourth-order valence-electron chi connectivity index (χ4n) is 1.25. The molecule has 90 valence electrons. The minimum Gasteiger partial charge on any atom is -0.394 e. The zero-order chi connectivity index (χ0) is 12.1. The van der Waals surface area contributed by atoms with Gasteiger partial charge in [-0.2, -0.15) is 0 Å². The van der Waals surface area contributed by atoms with Crippen LogP contribution in [0.1, 0.15) is 18.5 Å². The van der Waals surface area contributed by atoms with E-state index in [1.54, 1.807) is 13.0 Å². The van der Waals surface area contributed by atoms with Crippen molar-refractivity contribution in [1.29, 1.82) is 0 Å². The number of thioether (sulfide) groups is 1. The van der Waals surface area contributed by atoms with Gasteiger partial charge in [0.2, 0.25) is 0 Å². The molecule has 3 nitrogen and oxygen atoms in total. The standard InChI is InChI=1S/C11H16FNO2S/c1-7(13)10-4-8(12)2-3-11(10)16-6-9(15)5-14/h2-4,7,9,14-15H,5-6,13H2,1H3. The molecule has 0 fully saturated rings. The average molecular weight is 245 g/mol. The van der Waals surface area contributed by atoms with Crippen LogP contribution >= 0.6 is 11.8 Å². The molecule has 0 radical (unpaired) electrons. The topological polar surface area (TPSA) is 66.5 Å². The number of nitrogens with two attached hydrogens (primary N) is 1. The van der Waals surface area contributed by atoms with Crippen LogP contribution in [0.15, 0.2) is 23.1 Å². The maximum Gasteiger partial charge on any atom is 0.123 e. The summed E-state index contributed by atoms with van der Waals surface area (Å²) in [6.07, 6.45) is -0.768. The van der Waals surface area contributed by atoms with Gasteiger partial charge in [-0.25, -0.2) is 4.39 Å². The number of benzene rings is 1. The number of rotatable bonds is 5. The van der Waals surface area contributed by atoms with E-state index in [1.807, 2.05) is 0 Å². The molecule has 0 saturated carbocycles. The predicted octanol–water partition coefficient (Wildman–Crippen LogP) is 1.29. The lowest BCUT2D eigenvalue weighted by Gasteiger charge is -2.13. The van der Waals surface area contributed by atoms with Gasteiger partial charge in [-0.1, -0.05) is 0 Å². The van der Waals surface area contributed by atoms with E-state index < -0.39 is 6.10 Å². The Morgan fingerprint density at radius 1 is 1.50 bits per heavy atom. The van der Waals surface area contributed by atoms with Crippen LogP contribution in [0.25, 0.3) is 0 Å². The predicted molar refractivity (Wildman–Crippen MR) is 62.8 cm³/mol. The lowest BCUT2D eigenvalue weighted by Crippen LogP contribution is -2.15. The molecule has 0 aliphatic heterocycles. The van der Waals surface area contributed by atoms with Crippen LogP contribution in [0.4, 0.5) is 4.39 Å². The molecule has 0 heterocycles. The third-order valence-electron chi connectivity index (χ3n) is 2.10. The minimum absolute atomic E-state index is 0.260. The van der Waals surface area contributed by atoms with Crippen LogP contribution in [-0.4, -0.2) is 28.7 Å². The van der Waals surface area contributed by atoms with Gasteiger partial charge in [0.05, 0.1) is 12.7 Å². The molecule has 5 heteroatoms. The highest BCUT2D eigenvalue weighted by molar-refractivity contribution is 7.99. The zero-order valence-electron chi connectivity index (χ0n) is 9.06. The van der Waals surface area contributed by atoms with Crippen molar-refractivity contribution in [3.63, 3.8) is 0 Å². The van der Waals surface area contributed by atoms with Gasteiger partial charge in [0.25, 0.3) is 0 Å². The molecule has 0 amide bonds. The molecule has 0 aromatic heterocycles. The molecule has 1 aromatic carbocycles. The first-order valence-corrected chi connectivity index (χ1v) is 6.00. The SMILES string of the molecule is CC(N)c1cc(F)ccc1SCC(O)CO. The van der Waals surface area contributed by atoms with Crippen LogP contribution < -0.4 is 5.73 Å². The van der Waals surface area contributed by atoms with Crippen molar-refractivity contribution in [2.24, 2.45) is 5.73 Å². The fourth-order valence-corrected chi connectivity index (χ4v) is 2.30. The Morgan fingerprint density at radius 3 is 2.75 bits per heavy atom. The van der Waals surface area contributed by atoms with Gasteiger partial charge in [0.15, 0.2) is 0 Å². The van der Waals surface area contributed by atoms with Crippen molar-refractivity contribution in [1.82, 2.24) is 0 Å². The Morgan fingerprint density at radius 2 is 2.19 bits per heavy atom. The molecule has 0 spiro atoms. The van der Waals surface area contributed by atoms with Gasteiger partial charge in [-0.3, -0.25) is 0 Å². The van der Waals surface area contributed by atoms with E-state index in [2.05, 4.69) is 0 Å². The van der Waals surface area contributed by atoms with Crippen molar-refractivity contribution >= 4 is 11.8 Å². The molecule has 0 bridgehead atoms. The van der Waals surface area contributed by atoms with Gasteiger partial charge >= 0.3 is 0 Å². The first-order valence-electron chi connectivity index (χ1n) is 5.01. The summed E-state index contributed by atoms with van der Waals surface area (Å²) < 4.78 is 13.0. The number of hydrogen-bond donors (Lipinski definition) is 3. The summed E-state index contributed by atoms with van der Waals surface area (Å²) in [5.74, 6) is 0.0429. The fraction of sp³-hybridized carbons (Fsp3) is 0.455. The third-order valence-corrected chi connectivity index (χ3v) is 3.34. The first-order chi connectivity index (χ1) is 7.54. The highest BCUT2D eigenvalue weighted by atomic mass is 32.2. The number of aliphatic hydroxyl groups excluding tert-OH is 2. The van der Waals surface area contributed by atoms with Gasteiger partial charge in [0, 0.05) is 16.7 Å². The zero-order valence-corrected chi connectivity index (χ0v) is 9.88. The lowest BCUT2D eigenvalue weighted by atomic mass is 10.1. The first kappa shape index (κ1) is 13.4. The normalized spacial score (nSPS) is 14.8. The largest absolute Gasteiger partial charge is 0.394 e. The summed E-state index contributed by atoms with van der Waals surface area (Å²) in [5, 5.41) is 17.9. The van der Waals surface area contributed by atoms with Crippen molar-refractivity contribution in [3.8, 4) is 0 Å². The molecule has 0 aliphatic carbocycles. The van der Waals surface area contributed by atoms with Crippen molar-refractivity contribution in [3.05, 3.63) is 29.6 Å². The number of halogens is 1. The highest BCUT2D eigenvalue weighted by Crippen LogP contribution is 2.27. The Bertz CT molecular complexity index is 347. The van der Waals surface area contributed by atoms with E-state index in [0.717, 1.165) is 10.5 Å². The second kappa shape index (κ2) is 6.20. The quantitative estimate of drug-likeness (QED) is 0.684. The van der Waals surface area contributed by atoms with E-state index in [0.29, 0.717) is 5.75 Å². The molecule has 0 saturated heterocycles. The number of aliphatic hydroxyl groups is 2. The average Bonchev–Trinajstić information content (AvgIpc) is 2.26. The summed E-state index contributed by atoms with van der Waals surface area (Å²) in [6, 6.07) is 4.14. The Labute approximate surface area is 98.5 Å². The lowest BCUT2D eigenvalue weighted by molar-refractivity contribution is 0.113. The monoisotopic (exact) mass is 245 g/mol. The summed E-state index contributed by atoms with van der Waals surface area (Å²) in [4.78, 5) is 0.837. The smallest absolute Gasteiger partial charge is 0.123 e. The Hall–Kier alpha value is -0.620. The molecule has 1 aromatic rings. The van der Waals surface area contributed by atoms with Crippen molar-refractivity contribution in [2.75, 3.05) is 12.4 Å². The molecule has 4 N–H and O–H groups in total. The van der Waals surface area contributed by atoms with Crippen LogP contribution in [0.3, 0.4) is 0 Å². The summed E-state index contributed by atoms with van der Waals surface area (Å²) in [6.45, 7) is 1.50. The Balaban J connectivity index is 2.78. The van der Waals surface area contributed by atoms with Gasteiger partial charge in [0.1, 0.15) is 5.82 Å². The van der Waals surface area contributed by atoms with Gasteiger partial charge < -0.3 is 15.9 Å². The minimum atomic E-state index is -0.768. The maximum absolute atomic E-state index is 13.0. The van der Waals surface area contributed by atoms with E-state index in [1.165, 1.54) is 23.9 Å². The second-order valence-corrected chi connectivity index (χ2v) is 4.68. The highest BCUT2D eigenvalue weighted by Gasteiger charge is 2.10. The van der Waals surface area contributed by atoms with E-state index >= 15 is 0 Å².